The zero-order valence-corrected chi connectivity index (χ0v) is 10.2. The van der Waals surface area contributed by atoms with Gasteiger partial charge in [0.1, 0.15) is 0 Å². The summed E-state index contributed by atoms with van der Waals surface area (Å²) in [5.74, 6) is 0. The van der Waals surface area contributed by atoms with E-state index in [1.165, 1.54) is 30.5 Å². The van der Waals surface area contributed by atoms with E-state index in [0.717, 1.165) is 6.42 Å². The Balaban J connectivity index is 2.60. The van der Waals surface area contributed by atoms with Crippen LogP contribution in [0.2, 0.25) is 0 Å². The number of nitrogens with one attached hydrogen (secondary N) is 1. The van der Waals surface area contributed by atoms with Gasteiger partial charge in [-0.15, -0.1) is 0 Å². The lowest BCUT2D eigenvalue weighted by Crippen LogP contribution is -2.21. The normalized spacial score (nSPS) is 24.1. The molecule has 1 atom stereocenters. The van der Waals surface area contributed by atoms with Crippen molar-refractivity contribution in [2.24, 2.45) is 0 Å². The van der Waals surface area contributed by atoms with Crippen molar-refractivity contribution in [1.29, 1.82) is 0 Å². The Morgan fingerprint density at radius 3 is 2.73 bits per heavy atom. The van der Waals surface area contributed by atoms with Crippen molar-refractivity contribution >= 4 is 0 Å². The Labute approximate surface area is 94.0 Å². The van der Waals surface area contributed by atoms with Gasteiger partial charge in [0.15, 0.2) is 0 Å². The minimum atomic E-state index is 0.692. The van der Waals surface area contributed by atoms with Crippen LogP contribution in [0.4, 0.5) is 0 Å². The number of allylic oxidation sites excluding steroid dienone is 5. The van der Waals surface area contributed by atoms with Crippen LogP contribution in [0.5, 0.6) is 0 Å². The summed E-state index contributed by atoms with van der Waals surface area (Å²) in [7, 11) is 0. The molecule has 84 valence electrons. The lowest BCUT2D eigenvalue weighted by atomic mass is 10.0. The first-order valence-corrected chi connectivity index (χ1v) is 5.96. The lowest BCUT2D eigenvalue weighted by Gasteiger charge is -2.11. The average molecular weight is 205 g/mol. The van der Waals surface area contributed by atoms with Gasteiger partial charge in [-0.25, -0.2) is 0 Å². The third kappa shape index (κ3) is 4.48. The molecule has 1 N–H and O–H groups in total. The minimum absolute atomic E-state index is 0.692. The van der Waals surface area contributed by atoms with Crippen LogP contribution in [0, 0.1) is 0 Å². The molecular weight excluding hydrogens is 182 g/mol. The van der Waals surface area contributed by atoms with Gasteiger partial charge in [0.05, 0.1) is 0 Å². The topological polar surface area (TPSA) is 12.0 Å². The Hall–Kier alpha value is -0.820. The second kappa shape index (κ2) is 6.62. The highest BCUT2D eigenvalue weighted by atomic mass is 14.9. The Morgan fingerprint density at radius 2 is 2.20 bits per heavy atom. The fourth-order valence-corrected chi connectivity index (χ4v) is 1.98. The fourth-order valence-electron chi connectivity index (χ4n) is 1.98. The maximum Gasteiger partial charge on any atom is 0.0108 e. The molecule has 1 unspecified atom stereocenters. The molecule has 1 fully saturated rings. The van der Waals surface area contributed by atoms with E-state index >= 15 is 0 Å². The summed E-state index contributed by atoms with van der Waals surface area (Å²) in [4.78, 5) is 0. The van der Waals surface area contributed by atoms with Crippen LogP contribution in [0.1, 0.15) is 40.0 Å². The van der Waals surface area contributed by atoms with Crippen molar-refractivity contribution in [3.63, 3.8) is 0 Å². The van der Waals surface area contributed by atoms with Gasteiger partial charge >= 0.3 is 0 Å². The summed E-state index contributed by atoms with van der Waals surface area (Å²) in [6.07, 6.45) is 12.6. The molecule has 1 aliphatic rings. The van der Waals surface area contributed by atoms with Crippen LogP contribution >= 0.6 is 0 Å². The second-order valence-electron chi connectivity index (χ2n) is 4.25. The van der Waals surface area contributed by atoms with Crippen LogP contribution in [0.25, 0.3) is 0 Å². The van der Waals surface area contributed by atoms with Gasteiger partial charge in [0.25, 0.3) is 0 Å². The van der Waals surface area contributed by atoms with E-state index < -0.39 is 0 Å². The number of rotatable bonds is 4. The van der Waals surface area contributed by atoms with Crippen LogP contribution in [-0.4, -0.2) is 12.6 Å². The summed E-state index contributed by atoms with van der Waals surface area (Å²) in [6, 6.07) is 0.692. The summed E-state index contributed by atoms with van der Waals surface area (Å²) in [5.41, 5.74) is 2.79. The first-order chi connectivity index (χ1) is 7.26. The maximum absolute atomic E-state index is 3.54. The third-order valence-electron chi connectivity index (χ3n) is 2.89. The fraction of sp³-hybridized carbons (Fsp3) is 0.571. The SMILES string of the molecule is C\C=C/C(=C\C(C)=C/C)CC1CCCN1. The lowest BCUT2D eigenvalue weighted by molar-refractivity contribution is 0.605. The highest BCUT2D eigenvalue weighted by Gasteiger charge is 2.14. The zero-order valence-electron chi connectivity index (χ0n) is 10.2. The van der Waals surface area contributed by atoms with Gasteiger partial charge in [-0.2, -0.15) is 0 Å². The van der Waals surface area contributed by atoms with Crippen molar-refractivity contribution in [2.75, 3.05) is 6.54 Å². The molecule has 15 heavy (non-hydrogen) atoms. The highest BCUT2D eigenvalue weighted by molar-refractivity contribution is 5.29. The van der Waals surface area contributed by atoms with Crippen molar-refractivity contribution in [1.82, 2.24) is 5.32 Å². The van der Waals surface area contributed by atoms with E-state index in [1.807, 2.05) is 0 Å². The molecule has 0 amide bonds. The summed E-state index contributed by atoms with van der Waals surface area (Å²) in [6.45, 7) is 7.52. The molecule has 1 rings (SSSR count). The minimum Gasteiger partial charge on any atom is -0.314 e. The van der Waals surface area contributed by atoms with Crippen LogP contribution in [0.15, 0.2) is 35.5 Å². The van der Waals surface area contributed by atoms with E-state index in [9.17, 15) is 0 Å². The Bertz CT molecular complexity index is 265. The quantitative estimate of drug-likeness (QED) is 0.691. The first kappa shape index (κ1) is 12.3. The molecule has 0 bridgehead atoms. The summed E-state index contributed by atoms with van der Waals surface area (Å²) >= 11 is 0. The third-order valence-corrected chi connectivity index (χ3v) is 2.89. The largest absolute Gasteiger partial charge is 0.314 e. The van der Waals surface area contributed by atoms with E-state index in [4.69, 9.17) is 0 Å². The summed E-state index contributed by atoms with van der Waals surface area (Å²) in [5, 5.41) is 3.54. The van der Waals surface area contributed by atoms with E-state index in [0.29, 0.717) is 6.04 Å². The number of hydrogen-bond acceptors (Lipinski definition) is 1. The average Bonchev–Trinajstić information content (AvgIpc) is 2.70. The van der Waals surface area contributed by atoms with E-state index in [2.05, 4.69) is 50.4 Å². The Morgan fingerprint density at radius 1 is 1.40 bits per heavy atom. The second-order valence-corrected chi connectivity index (χ2v) is 4.25. The predicted octanol–water partition coefficient (Wildman–Crippen LogP) is 3.60. The molecule has 0 aromatic rings. The summed E-state index contributed by atoms with van der Waals surface area (Å²) < 4.78 is 0. The Kier molecular flexibility index (Phi) is 5.41. The van der Waals surface area contributed by atoms with Crippen LogP contribution in [0.3, 0.4) is 0 Å². The van der Waals surface area contributed by atoms with Crippen LogP contribution in [-0.2, 0) is 0 Å². The first-order valence-electron chi connectivity index (χ1n) is 5.96. The molecule has 0 saturated carbocycles. The zero-order chi connectivity index (χ0) is 11.1. The van der Waals surface area contributed by atoms with Gasteiger partial charge in [-0.3, -0.25) is 0 Å². The monoisotopic (exact) mass is 205 g/mol. The number of hydrogen-bond donors (Lipinski definition) is 1. The van der Waals surface area contributed by atoms with Gasteiger partial charge in [0.2, 0.25) is 0 Å². The molecule has 1 nitrogen and oxygen atoms in total. The molecule has 0 aromatic heterocycles. The van der Waals surface area contributed by atoms with Crippen molar-refractivity contribution in [2.45, 2.75) is 46.1 Å². The standard InChI is InChI=1S/C14H23N/c1-4-7-13(10-12(3)5-2)11-14-8-6-9-15-14/h4-5,7,10,14-15H,6,8-9,11H2,1-3H3/b7-4-,12-5-,13-10+. The van der Waals surface area contributed by atoms with Gasteiger partial charge in [-0.1, -0.05) is 29.9 Å². The maximum atomic E-state index is 3.54. The molecule has 0 aliphatic carbocycles. The molecule has 1 aliphatic heterocycles. The van der Waals surface area contributed by atoms with Crippen molar-refractivity contribution < 1.29 is 0 Å². The highest BCUT2D eigenvalue weighted by Crippen LogP contribution is 2.17. The molecular formula is C14H23N. The molecule has 0 aromatic carbocycles. The van der Waals surface area contributed by atoms with E-state index in [-0.39, 0.29) is 0 Å². The molecule has 1 heteroatoms. The molecule has 1 saturated heterocycles. The molecule has 0 spiro atoms. The van der Waals surface area contributed by atoms with Crippen molar-refractivity contribution in [3.05, 3.63) is 35.5 Å². The van der Waals surface area contributed by atoms with Crippen LogP contribution < -0.4 is 5.32 Å². The van der Waals surface area contributed by atoms with Gasteiger partial charge < -0.3 is 5.32 Å². The molecule has 0 radical (unpaired) electrons. The molecule has 1 heterocycles. The predicted molar refractivity (Wildman–Crippen MR) is 68.0 cm³/mol. The van der Waals surface area contributed by atoms with Crippen molar-refractivity contribution in [3.8, 4) is 0 Å². The van der Waals surface area contributed by atoms with E-state index in [1.54, 1.807) is 0 Å². The van der Waals surface area contributed by atoms with Gasteiger partial charge in [0, 0.05) is 6.04 Å². The smallest absolute Gasteiger partial charge is 0.0108 e. The van der Waals surface area contributed by atoms with Gasteiger partial charge in [-0.05, 0) is 52.2 Å².